The van der Waals surface area contributed by atoms with E-state index >= 15 is 0 Å². The third-order valence-corrected chi connectivity index (χ3v) is 5.54. The highest BCUT2D eigenvalue weighted by Gasteiger charge is 2.47. The number of carbonyl (C=O) groups is 1. The van der Waals surface area contributed by atoms with Crippen molar-refractivity contribution in [2.24, 2.45) is 12.5 Å². The summed E-state index contributed by atoms with van der Waals surface area (Å²) in [6.07, 6.45) is 8.21. The van der Waals surface area contributed by atoms with Crippen LogP contribution in [0, 0.1) is 5.41 Å². The number of aromatic nitrogens is 2. The number of rotatable bonds is 3. The van der Waals surface area contributed by atoms with Crippen LogP contribution in [-0.2, 0) is 17.1 Å². The highest BCUT2D eigenvalue weighted by Crippen LogP contribution is 2.49. The Labute approximate surface area is 130 Å². The molecular formula is C14H22N4O3S. The van der Waals surface area contributed by atoms with Gasteiger partial charge in [0.1, 0.15) is 5.69 Å². The molecule has 0 unspecified atom stereocenters. The van der Waals surface area contributed by atoms with E-state index in [0.29, 0.717) is 5.69 Å². The number of carbonyl (C=O) groups excluding carboxylic acids is 1. The molecule has 2 aliphatic rings. The fourth-order valence-corrected chi connectivity index (χ4v) is 4.42. The monoisotopic (exact) mass is 326 g/mol. The van der Waals surface area contributed by atoms with Gasteiger partial charge in [0.25, 0.3) is 5.91 Å². The Hall–Kier alpha value is -1.41. The van der Waals surface area contributed by atoms with Gasteiger partial charge in [-0.1, -0.05) is 0 Å². The Kier molecular flexibility index (Phi) is 3.76. The Balaban J connectivity index is 1.52. The predicted molar refractivity (Wildman–Crippen MR) is 81.8 cm³/mol. The van der Waals surface area contributed by atoms with Crippen molar-refractivity contribution in [1.29, 1.82) is 0 Å². The molecule has 2 fully saturated rings. The quantitative estimate of drug-likeness (QED) is 0.869. The fourth-order valence-electron chi connectivity index (χ4n) is 3.65. The number of nitrogens with one attached hydrogen (secondary N) is 1. The number of piperidine rings is 1. The molecule has 0 bridgehead atoms. The van der Waals surface area contributed by atoms with Crippen LogP contribution in [0.15, 0.2) is 12.5 Å². The molecule has 1 N–H and O–H groups in total. The molecule has 1 aliphatic carbocycles. The second-order valence-corrected chi connectivity index (χ2v) is 8.49. The summed E-state index contributed by atoms with van der Waals surface area (Å²) in [4.78, 5) is 18.3. The average Bonchev–Trinajstić information content (AvgIpc) is 2.82. The van der Waals surface area contributed by atoms with E-state index in [1.54, 1.807) is 17.1 Å². The molecule has 1 aliphatic heterocycles. The van der Waals surface area contributed by atoms with Gasteiger partial charge < -0.3 is 9.47 Å². The summed E-state index contributed by atoms with van der Waals surface area (Å²) < 4.78 is 26.9. The van der Waals surface area contributed by atoms with Gasteiger partial charge in [0.05, 0.1) is 12.6 Å². The molecule has 22 heavy (non-hydrogen) atoms. The van der Waals surface area contributed by atoms with Crippen molar-refractivity contribution in [2.75, 3.05) is 19.3 Å². The first kappa shape index (κ1) is 15.5. The molecule has 1 amide bonds. The largest absolute Gasteiger partial charge is 0.340 e. The van der Waals surface area contributed by atoms with Crippen molar-refractivity contribution < 1.29 is 13.2 Å². The Morgan fingerprint density at radius 2 is 2.00 bits per heavy atom. The van der Waals surface area contributed by atoms with Crippen LogP contribution in [0.25, 0.3) is 0 Å². The van der Waals surface area contributed by atoms with E-state index in [1.807, 2.05) is 11.9 Å². The lowest BCUT2D eigenvalue weighted by Gasteiger charge is -2.52. The number of amides is 1. The zero-order valence-electron chi connectivity index (χ0n) is 12.9. The summed E-state index contributed by atoms with van der Waals surface area (Å²) >= 11 is 0. The van der Waals surface area contributed by atoms with E-state index in [0.717, 1.165) is 38.8 Å². The molecule has 0 aromatic carbocycles. The summed E-state index contributed by atoms with van der Waals surface area (Å²) in [7, 11) is -1.28. The number of aryl methyl sites for hydroxylation is 1. The predicted octanol–water partition coefficient (Wildman–Crippen LogP) is 0.354. The second-order valence-electron chi connectivity index (χ2n) is 6.71. The first-order valence-corrected chi connectivity index (χ1v) is 9.40. The number of imidazole rings is 1. The van der Waals surface area contributed by atoms with E-state index < -0.39 is 10.0 Å². The Morgan fingerprint density at radius 1 is 1.36 bits per heavy atom. The van der Waals surface area contributed by atoms with Crippen LogP contribution in [-0.4, -0.2) is 54.2 Å². The van der Waals surface area contributed by atoms with Crippen molar-refractivity contribution in [1.82, 2.24) is 19.2 Å². The minimum Gasteiger partial charge on any atom is -0.340 e. The van der Waals surface area contributed by atoms with Gasteiger partial charge in [0.2, 0.25) is 10.0 Å². The highest BCUT2D eigenvalue weighted by atomic mass is 32.2. The summed E-state index contributed by atoms with van der Waals surface area (Å²) in [5.74, 6) is -0.0133. The molecule has 3 rings (SSSR count). The molecule has 8 heteroatoms. The number of nitrogens with zero attached hydrogens (tertiary/aromatic N) is 3. The summed E-state index contributed by atoms with van der Waals surface area (Å²) in [5, 5.41) is 0. The Morgan fingerprint density at radius 3 is 2.50 bits per heavy atom. The zero-order chi connectivity index (χ0) is 16.0. The van der Waals surface area contributed by atoms with Crippen molar-refractivity contribution in [3.63, 3.8) is 0 Å². The molecule has 122 valence electrons. The van der Waals surface area contributed by atoms with Gasteiger partial charge in [-0.15, -0.1) is 0 Å². The molecule has 2 heterocycles. The SMILES string of the molecule is Cn1cnc(C(=O)N2CCC3(CC2)CC(NS(C)(=O)=O)C3)c1. The molecule has 1 aromatic rings. The molecule has 0 radical (unpaired) electrons. The molecule has 1 aromatic heterocycles. The second kappa shape index (κ2) is 5.34. The number of hydrogen-bond donors (Lipinski definition) is 1. The van der Waals surface area contributed by atoms with Crippen LogP contribution >= 0.6 is 0 Å². The van der Waals surface area contributed by atoms with E-state index in [1.165, 1.54) is 6.26 Å². The van der Waals surface area contributed by atoms with Crippen LogP contribution in [0.5, 0.6) is 0 Å². The van der Waals surface area contributed by atoms with Crippen molar-refractivity contribution in [2.45, 2.75) is 31.7 Å². The van der Waals surface area contributed by atoms with Gasteiger partial charge in [0.15, 0.2) is 0 Å². The van der Waals surface area contributed by atoms with E-state index in [9.17, 15) is 13.2 Å². The van der Waals surface area contributed by atoms with Crippen molar-refractivity contribution in [3.8, 4) is 0 Å². The average molecular weight is 326 g/mol. The third-order valence-electron chi connectivity index (χ3n) is 4.77. The maximum absolute atomic E-state index is 12.3. The van der Waals surface area contributed by atoms with Gasteiger partial charge in [-0.05, 0) is 31.1 Å². The van der Waals surface area contributed by atoms with Crippen LogP contribution in [0.3, 0.4) is 0 Å². The highest BCUT2D eigenvalue weighted by molar-refractivity contribution is 7.88. The van der Waals surface area contributed by atoms with Crippen LogP contribution in [0.2, 0.25) is 0 Å². The van der Waals surface area contributed by atoms with E-state index in [4.69, 9.17) is 0 Å². The van der Waals surface area contributed by atoms with Gasteiger partial charge in [-0.25, -0.2) is 18.1 Å². The lowest BCUT2D eigenvalue weighted by molar-refractivity contribution is 0.0136. The molecule has 7 nitrogen and oxygen atoms in total. The van der Waals surface area contributed by atoms with Gasteiger partial charge in [-0.3, -0.25) is 4.79 Å². The van der Waals surface area contributed by atoms with E-state index in [2.05, 4.69) is 9.71 Å². The van der Waals surface area contributed by atoms with Gasteiger partial charge in [-0.2, -0.15) is 0 Å². The van der Waals surface area contributed by atoms with Gasteiger partial charge >= 0.3 is 0 Å². The summed E-state index contributed by atoms with van der Waals surface area (Å²) in [6.45, 7) is 1.45. The zero-order valence-corrected chi connectivity index (χ0v) is 13.8. The normalized spacial score (nSPS) is 21.8. The maximum atomic E-state index is 12.3. The topological polar surface area (TPSA) is 84.3 Å². The smallest absolute Gasteiger partial charge is 0.274 e. The molecule has 0 atom stereocenters. The maximum Gasteiger partial charge on any atom is 0.274 e. The summed E-state index contributed by atoms with van der Waals surface area (Å²) in [6, 6.07) is 0.0630. The standard InChI is InChI=1S/C14H22N4O3S/c1-17-9-12(15-10-17)13(19)18-5-3-14(4-6-18)7-11(8-14)16-22(2,20)21/h9-11,16H,3-8H2,1-2H3. The number of sulfonamides is 1. The lowest BCUT2D eigenvalue weighted by Crippen LogP contribution is -2.55. The number of hydrogen-bond acceptors (Lipinski definition) is 4. The minimum atomic E-state index is -3.12. The van der Waals surface area contributed by atoms with Gasteiger partial charge in [0, 0.05) is 32.4 Å². The van der Waals surface area contributed by atoms with Crippen molar-refractivity contribution in [3.05, 3.63) is 18.2 Å². The lowest BCUT2D eigenvalue weighted by atomic mass is 9.60. The molecule has 1 spiro atoms. The Bertz CT molecular complexity index is 666. The first-order chi connectivity index (χ1) is 10.3. The first-order valence-electron chi connectivity index (χ1n) is 7.51. The third kappa shape index (κ3) is 3.17. The summed E-state index contributed by atoms with van der Waals surface area (Å²) in [5.41, 5.74) is 0.701. The van der Waals surface area contributed by atoms with Crippen molar-refractivity contribution >= 4 is 15.9 Å². The molecule has 1 saturated carbocycles. The molecular weight excluding hydrogens is 304 g/mol. The van der Waals surface area contributed by atoms with Crippen LogP contribution in [0.4, 0.5) is 0 Å². The molecule has 1 saturated heterocycles. The fraction of sp³-hybridized carbons (Fsp3) is 0.714. The van der Waals surface area contributed by atoms with Crippen LogP contribution in [0.1, 0.15) is 36.2 Å². The van der Waals surface area contributed by atoms with E-state index in [-0.39, 0.29) is 17.4 Å². The minimum absolute atomic E-state index is 0.0133. The number of likely N-dealkylation sites (tertiary alicyclic amines) is 1. The van der Waals surface area contributed by atoms with Crippen LogP contribution < -0.4 is 4.72 Å².